The molecule has 0 spiro atoms. The number of benzene rings is 2. The van der Waals surface area contributed by atoms with Crippen molar-refractivity contribution < 1.29 is 0 Å². The van der Waals surface area contributed by atoms with Crippen molar-refractivity contribution in [3.8, 4) is 0 Å². The third-order valence-electron chi connectivity index (χ3n) is 3.49. The summed E-state index contributed by atoms with van der Waals surface area (Å²) in [5, 5.41) is 8.20. The van der Waals surface area contributed by atoms with E-state index in [4.69, 9.17) is 0 Å². The minimum atomic E-state index is 0.550. The number of nitrogens with zero attached hydrogens (tertiary/aromatic N) is 3. The molecule has 0 heterocycles. The van der Waals surface area contributed by atoms with Gasteiger partial charge in [0.05, 0.1) is 12.4 Å². The largest absolute Gasteiger partial charge is 0.378 e. The molecule has 0 bridgehead atoms. The minimum Gasteiger partial charge on any atom is -0.378 e. The maximum Gasteiger partial charge on any atom is 0.0568 e. The molecule has 0 amide bonds. The van der Waals surface area contributed by atoms with Gasteiger partial charge < -0.3 is 4.90 Å². The van der Waals surface area contributed by atoms with Crippen molar-refractivity contribution in [1.82, 2.24) is 0 Å². The lowest BCUT2D eigenvalue weighted by Gasteiger charge is -2.11. The van der Waals surface area contributed by atoms with E-state index in [-0.39, 0.29) is 0 Å². The number of hydrogen-bond acceptors (Lipinski definition) is 3. The Morgan fingerprint density at radius 1 is 0.773 bits per heavy atom. The topological polar surface area (TPSA) is 28.0 Å². The Balaban J connectivity index is 1.96. The lowest BCUT2D eigenvalue weighted by molar-refractivity contribution is 0.866. The zero-order valence-electron chi connectivity index (χ0n) is 13.7. The van der Waals surface area contributed by atoms with Crippen molar-refractivity contribution in [2.24, 2.45) is 10.2 Å². The van der Waals surface area contributed by atoms with E-state index in [9.17, 15) is 0 Å². The van der Waals surface area contributed by atoms with Gasteiger partial charge in [0.2, 0.25) is 0 Å². The average molecular weight is 293 g/mol. The monoisotopic (exact) mass is 293 g/mol. The fraction of sp³-hybridized carbons (Fsp3) is 0.263. The Morgan fingerprint density at radius 2 is 1.23 bits per heavy atom. The van der Waals surface area contributed by atoms with Crippen LogP contribution in [-0.4, -0.2) is 26.5 Å². The van der Waals surface area contributed by atoms with Crippen LogP contribution in [0.25, 0.3) is 0 Å². The van der Waals surface area contributed by atoms with Gasteiger partial charge in [0.1, 0.15) is 0 Å². The first kappa shape index (κ1) is 16.0. The Kier molecular flexibility index (Phi) is 5.48. The highest BCUT2D eigenvalue weighted by atomic mass is 15.2. The second-order valence-corrected chi connectivity index (χ2v) is 5.80. The lowest BCUT2D eigenvalue weighted by Crippen LogP contribution is -2.08. The highest BCUT2D eigenvalue weighted by Crippen LogP contribution is 2.14. The Hall–Kier alpha value is -2.42. The quantitative estimate of drug-likeness (QED) is 0.595. The first-order chi connectivity index (χ1) is 10.6. The molecule has 3 heteroatoms. The summed E-state index contributed by atoms with van der Waals surface area (Å²) in [6, 6.07) is 16.6. The predicted octanol–water partition coefficient (Wildman–Crippen LogP) is 4.33. The van der Waals surface area contributed by atoms with Gasteiger partial charge in [-0.1, -0.05) is 50.2 Å². The van der Waals surface area contributed by atoms with Crippen molar-refractivity contribution in [2.75, 3.05) is 19.0 Å². The summed E-state index contributed by atoms with van der Waals surface area (Å²) in [6.45, 7) is 4.38. The number of hydrogen-bond donors (Lipinski definition) is 0. The van der Waals surface area contributed by atoms with Crippen LogP contribution in [0.15, 0.2) is 58.7 Å². The Bertz CT molecular complexity index is 576. The zero-order chi connectivity index (χ0) is 15.9. The van der Waals surface area contributed by atoms with E-state index in [0.717, 1.165) is 11.1 Å². The summed E-state index contributed by atoms with van der Waals surface area (Å²) in [5.74, 6) is 0.550. The molecule has 0 aromatic heterocycles. The molecule has 0 aliphatic heterocycles. The smallest absolute Gasteiger partial charge is 0.0568 e. The molecule has 0 fully saturated rings. The summed E-state index contributed by atoms with van der Waals surface area (Å²) in [4.78, 5) is 2.07. The van der Waals surface area contributed by atoms with Crippen molar-refractivity contribution in [2.45, 2.75) is 19.8 Å². The van der Waals surface area contributed by atoms with Crippen LogP contribution in [0.1, 0.15) is 36.5 Å². The van der Waals surface area contributed by atoms with Crippen LogP contribution in [0.3, 0.4) is 0 Å². The van der Waals surface area contributed by atoms with E-state index in [1.807, 2.05) is 26.2 Å². The van der Waals surface area contributed by atoms with Crippen LogP contribution in [0, 0.1) is 0 Å². The molecule has 3 nitrogen and oxygen atoms in total. The maximum absolute atomic E-state index is 4.10. The minimum absolute atomic E-state index is 0.550. The molecule has 0 saturated heterocycles. The van der Waals surface area contributed by atoms with Crippen molar-refractivity contribution in [3.05, 3.63) is 65.2 Å². The molecule has 0 N–H and O–H groups in total. The Morgan fingerprint density at radius 3 is 1.64 bits per heavy atom. The summed E-state index contributed by atoms with van der Waals surface area (Å²) < 4.78 is 0. The molecule has 0 radical (unpaired) electrons. The molecule has 2 rings (SSSR count). The average Bonchev–Trinajstić information content (AvgIpc) is 2.52. The summed E-state index contributed by atoms with van der Waals surface area (Å²) >= 11 is 0. The maximum atomic E-state index is 4.10. The van der Waals surface area contributed by atoms with Crippen molar-refractivity contribution >= 4 is 18.1 Å². The van der Waals surface area contributed by atoms with Gasteiger partial charge in [-0.2, -0.15) is 10.2 Å². The van der Waals surface area contributed by atoms with E-state index >= 15 is 0 Å². The molecule has 2 aromatic carbocycles. The molecule has 0 unspecified atom stereocenters. The highest BCUT2D eigenvalue weighted by Gasteiger charge is 1.97. The van der Waals surface area contributed by atoms with Gasteiger partial charge >= 0.3 is 0 Å². The molecule has 0 saturated carbocycles. The summed E-state index contributed by atoms with van der Waals surface area (Å²) in [5.41, 5.74) is 4.61. The zero-order valence-corrected chi connectivity index (χ0v) is 13.7. The summed E-state index contributed by atoms with van der Waals surface area (Å²) in [6.07, 6.45) is 3.53. The molecule has 114 valence electrons. The van der Waals surface area contributed by atoms with Gasteiger partial charge in [0.25, 0.3) is 0 Å². The van der Waals surface area contributed by atoms with E-state index < -0.39 is 0 Å². The second kappa shape index (κ2) is 7.55. The molecule has 0 aliphatic rings. The number of anilines is 1. The molecule has 2 aromatic rings. The van der Waals surface area contributed by atoms with E-state index in [0.29, 0.717) is 5.92 Å². The van der Waals surface area contributed by atoms with Gasteiger partial charge in [0.15, 0.2) is 0 Å². The van der Waals surface area contributed by atoms with Gasteiger partial charge in [-0.05, 0) is 34.7 Å². The van der Waals surface area contributed by atoms with E-state index in [2.05, 4.69) is 65.3 Å². The van der Waals surface area contributed by atoms with Crippen LogP contribution in [0.4, 0.5) is 5.69 Å². The lowest BCUT2D eigenvalue weighted by atomic mass is 10.0. The molecular formula is C19H23N3. The summed E-state index contributed by atoms with van der Waals surface area (Å²) in [7, 11) is 4.05. The normalized spacial score (nSPS) is 11.7. The standard InChI is InChI=1S/C19H23N3/c1-15(2)18-9-5-16(6-10-18)13-20-21-14-17-7-11-19(12-8-17)22(3)4/h5-15H,1-4H3/b20-13+,21-14+. The van der Waals surface area contributed by atoms with Gasteiger partial charge in [0, 0.05) is 19.8 Å². The van der Waals surface area contributed by atoms with E-state index in [1.165, 1.54) is 11.3 Å². The first-order valence-corrected chi connectivity index (χ1v) is 7.50. The van der Waals surface area contributed by atoms with Gasteiger partial charge in [-0.15, -0.1) is 0 Å². The SMILES string of the molecule is CC(C)c1ccc(/C=N/N=C/c2ccc(N(C)C)cc2)cc1. The first-order valence-electron chi connectivity index (χ1n) is 7.50. The molecule has 0 aliphatic carbocycles. The van der Waals surface area contributed by atoms with Gasteiger partial charge in [-0.25, -0.2) is 0 Å². The van der Waals surface area contributed by atoms with Crippen LogP contribution >= 0.6 is 0 Å². The van der Waals surface area contributed by atoms with Crippen LogP contribution in [0.5, 0.6) is 0 Å². The molecule has 22 heavy (non-hydrogen) atoms. The predicted molar refractivity (Wildman–Crippen MR) is 96.5 cm³/mol. The fourth-order valence-electron chi connectivity index (χ4n) is 2.03. The highest BCUT2D eigenvalue weighted by molar-refractivity contribution is 5.83. The van der Waals surface area contributed by atoms with Gasteiger partial charge in [-0.3, -0.25) is 0 Å². The van der Waals surface area contributed by atoms with Crippen molar-refractivity contribution in [3.63, 3.8) is 0 Å². The van der Waals surface area contributed by atoms with E-state index in [1.54, 1.807) is 12.4 Å². The Labute approximate surface area is 133 Å². The fourth-order valence-corrected chi connectivity index (χ4v) is 2.03. The number of rotatable bonds is 5. The van der Waals surface area contributed by atoms with Crippen LogP contribution in [-0.2, 0) is 0 Å². The van der Waals surface area contributed by atoms with Crippen molar-refractivity contribution in [1.29, 1.82) is 0 Å². The third kappa shape index (κ3) is 4.55. The van der Waals surface area contributed by atoms with Crippen LogP contribution < -0.4 is 4.90 Å². The molecule has 0 atom stereocenters. The molecular weight excluding hydrogens is 270 g/mol. The van der Waals surface area contributed by atoms with Crippen LogP contribution in [0.2, 0.25) is 0 Å². The second-order valence-electron chi connectivity index (χ2n) is 5.80. The third-order valence-corrected chi connectivity index (χ3v) is 3.49.